The van der Waals surface area contributed by atoms with Gasteiger partial charge < -0.3 is 5.32 Å². The molecule has 1 unspecified atom stereocenters. The topological polar surface area (TPSA) is 12.0 Å². The monoisotopic (exact) mass is 231 g/mol. The van der Waals surface area contributed by atoms with Crippen LogP contribution in [0.15, 0.2) is 24.3 Å². The quantitative estimate of drug-likeness (QED) is 0.831. The second kappa shape index (κ2) is 5.34. The fourth-order valence-corrected chi connectivity index (χ4v) is 1.80. The Kier molecular flexibility index (Phi) is 4.35. The summed E-state index contributed by atoms with van der Waals surface area (Å²) >= 11 is 0. The zero-order valence-electron chi connectivity index (χ0n) is 9.43. The Bertz CT molecular complexity index is 333. The van der Waals surface area contributed by atoms with Crippen LogP contribution in [0.1, 0.15) is 36.9 Å². The second-order valence-corrected chi connectivity index (χ2v) is 3.71. The summed E-state index contributed by atoms with van der Waals surface area (Å²) in [5, 5.41) is 2.93. The molecule has 0 bridgehead atoms. The molecule has 1 N–H and O–H groups in total. The fraction of sp³-hybridized carbons (Fsp3) is 0.500. The van der Waals surface area contributed by atoms with Crippen LogP contribution in [0.3, 0.4) is 0 Å². The van der Waals surface area contributed by atoms with E-state index in [4.69, 9.17) is 0 Å². The lowest BCUT2D eigenvalue weighted by Crippen LogP contribution is -2.20. The van der Waals surface area contributed by atoms with E-state index in [-0.39, 0.29) is 6.04 Å². The van der Waals surface area contributed by atoms with Crippen molar-refractivity contribution < 1.29 is 13.2 Å². The maximum Gasteiger partial charge on any atom is 0.416 e. The zero-order chi connectivity index (χ0) is 12.2. The van der Waals surface area contributed by atoms with Crippen molar-refractivity contribution in [2.45, 2.75) is 32.0 Å². The molecule has 1 aromatic carbocycles. The lowest BCUT2D eigenvalue weighted by molar-refractivity contribution is -0.138. The van der Waals surface area contributed by atoms with Gasteiger partial charge in [0.1, 0.15) is 0 Å². The first-order chi connectivity index (χ1) is 7.50. The fourth-order valence-electron chi connectivity index (χ4n) is 1.80. The molecule has 16 heavy (non-hydrogen) atoms. The molecule has 90 valence electrons. The molecule has 0 saturated carbocycles. The third kappa shape index (κ3) is 2.98. The van der Waals surface area contributed by atoms with Gasteiger partial charge in [0, 0.05) is 6.04 Å². The minimum atomic E-state index is -4.28. The third-order valence-corrected chi connectivity index (χ3v) is 2.57. The molecule has 1 nitrogen and oxygen atoms in total. The van der Waals surface area contributed by atoms with Crippen LogP contribution >= 0.6 is 0 Å². The van der Waals surface area contributed by atoms with Crippen molar-refractivity contribution in [2.75, 3.05) is 7.05 Å². The second-order valence-electron chi connectivity index (χ2n) is 3.71. The highest BCUT2D eigenvalue weighted by molar-refractivity contribution is 5.32. The number of hydrogen-bond donors (Lipinski definition) is 1. The predicted molar refractivity (Wildman–Crippen MR) is 58.2 cm³/mol. The Balaban J connectivity index is 3.11. The van der Waals surface area contributed by atoms with E-state index in [1.165, 1.54) is 6.07 Å². The average Bonchev–Trinajstić information content (AvgIpc) is 2.25. The maximum atomic E-state index is 12.8. The van der Waals surface area contributed by atoms with Gasteiger partial charge in [0.2, 0.25) is 0 Å². The SMILES string of the molecule is CCCC(NC)c1ccccc1C(F)(F)F. The van der Waals surface area contributed by atoms with Crippen molar-refractivity contribution in [3.63, 3.8) is 0 Å². The molecule has 0 aromatic heterocycles. The van der Waals surface area contributed by atoms with Crippen molar-refractivity contribution in [2.24, 2.45) is 0 Å². The Morgan fingerprint density at radius 3 is 2.38 bits per heavy atom. The van der Waals surface area contributed by atoms with Crippen molar-refractivity contribution >= 4 is 0 Å². The summed E-state index contributed by atoms with van der Waals surface area (Å²) in [5.41, 5.74) is -0.206. The van der Waals surface area contributed by atoms with Crippen LogP contribution in [0, 0.1) is 0 Å². The normalized spacial score (nSPS) is 13.8. The highest BCUT2D eigenvalue weighted by Crippen LogP contribution is 2.35. The first kappa shape index (κ1) is 13.0. The van der Waals surface area contributed by atoms with Gasteiger partial charge in [0.25, 0.3) is 0 Å². The van der Waals surface area contributed by atoms with Gasteiger partial charge >= 0.3 is 6.18 Å². The summed E-state index contributed by atoms with van der Waals surface area (Å²) in [6.45, 7) is 1.96. The van der Waals surface area contributed by atoms with Gasteiger partial charge in [-0.15, -0.1) is 0 Å². The molecule has 0 aliphatic heterocycles. The predicted octanol–water partition coefficient (Wildman–Crippen LogP) is 3.77. The minimum absolute atomic E-state index is 0.233. The van der Waals surface area contributed by atoms with E-state index >= 15 is 0 Å². The molecule has 1 aromatic rings. The van der Waals surface area contributed by atoms with Crippen LogP contribution in [0.25, 0.3) is 0 Å². The Hall–Kier alpha value is -1.03. The van der Waals surface area contributed by atoms with Crippen molar-refractivity contribution in [3.05, 3.63) is 35.4 Å². The minimum Gasteiger partial charge on any atom is -0.313 e. The Morgan fingerprint density at radius 2 is 1.88 bits per heavy atom. The molecular weight excluding hydrogens is 215 g/mol. The lowest BCUT2D eigenvalue weighted by atomic mass is 9.97. The molecule has 0 aliphatic carbocycles. The summed E-state index contributed by atoms with van der Waals surface area (Å²) in [7, 11) is 1.69. The van der Waals surface area contributed by atoms with Crippen molar-refractivity contribution in [1.29, 1.82) is 0 Å². The van der Waals surface area contributed by atoms with Gasteiger partial charge in [-0.25, -0.2) is 0 Å². The number of hydrogen-bond acceptors (Lipinski definition) is 1. The molecule has 0 spiro atoms. The summed E-state index contributed by atoms with van der Waals surface area (Å²) in [6, 6.07) is 5.51. The highest BCUT2D eigenvalue weighted by atomic mass is 19.4. The van der Waals surface area contributed by atoms with Crippen LogP contribution in [0.2, 0.25) is 0 Å². The number of nitrogens with one attached hydrogen (secondary N) is 1. The van der Waals surface area contributed by atoms with Crippen LogP contribution < -0.4 is 5.32 Å². The van der Waals surface area contributed by atoms with Crippen molar-refractivity contribution in [3.8, 4) is 0 Å². The van der Waals surface area contributed by atoms with E-state index < -0.39 is 11.7 Å². The van der Waals surface area contributed by atoms with E-state index in [0.29, 0.717) is 12.0 Å². The van der Waals surface area contributed by atoms with E-state index in [9.17, 15) is 13.2 Å². The molecule has 0 amide bonds. The highest BCUT2D eigenvalue weighted by Gasteiger charge is 2.34. The Morgan fingerprint density at radius 1 is 1.25 bits per heavy atom. The van der Waals surface area contributed by atoms with Crippen LogP contribution in [0.5, 0.6) is 0 Å². The molecule has 1 rings (SSSR count). The van der Waals surface area contributed by atoms with E-state index in [1.54, 1.807) is 19.2 Å². The van der Waals surface area contributed by atoms with Gasteiger partial charge in [-0.05, 0) is 25.1 Å². The van der Waals surface area contributed by atoms with Gasteiger partial charge in [0.05, 0.1) is 5.56 Å². The third-order valence-electron chi connectivity index (χ3n) is 2.57. The molecule has 0 saturated heterocycles. The number of benzene rings is 1. The summed E-state index contributed by atoms with van der Waals surface area (Å²) in [5.74, 6) is 0. The number of halogens is 3. The molecule has 0 aliphatic rings. The summed E-state index contributed by atoms with van der Waals surface area (Å²) in [6.07, 6.45) is -2.74. The van der Waals surface area contributed by atoms with Crippen LogP contribution in [-0.2, 0) is 6.18 Å². The van der Waals surface area contributed by atoms with E-state index in [0.717, 1.165) is 12.5 Å². The standard InChI is InChI=1S/C12H16F3N/c1-3-6-11(16-2)9-7-4-5-8-10(9)12(13,14)15/h4-5,7-8,11,16H,3,6H2,1-2H3. The van der Waals surface area contributed by atoms with Crippen LogP contribution in [0.4, 0.5) is 13.2 Å². The van der Waals surface area contributed by atoms with Gasteiger partial charge in [0.15, 0.2) is 0 Å². The summed E-state index contributed by atoms with van der Waals surface area (Å²) in [4.78, 5) is 0. The molecule has 0 fully saturated rings. The Labute approximate surface area is 93.7 Å². The van der Waals surface area contributed by atoms with E-state index in [2.05, 4.69) is 5.32 Å². The molecule has 0 heterocycles. The maximum absolute atomic E-state index is 12.8. The molecular formula is C12H16F3N. The molecule has 1 atom stereocenters. The first-order valence-electron chi connectivity index (χ1n) is 5.34. The number of rotatable bonds is 4. The molecule has 0 radical (unpaired) electrons. The van der Waals surface area contributed by atoms with Crippen LogP contribution in [-0.4, -0.2) is 7.05 Å². The molecule has 4 heteroatoms. The largest absolute Gasteiger partial charge is 0.416 e. The smallest absolute Gasteiger partial charge is 0.313 e. The average molecular weight is 231 g/mol. The first-order valence-corrected chi connectivity index (χ1v) is 5.34. The van der Waals surface area contributed by atoms with Gasteiger partial charge in [-0.2, -0.15) is 13.2 Å². The zero-order valence-corrected chi connectivity index (χ0v) is 9.43. The number of alkyl halides is 3. The van der Waals surface area contributed by atoms with Crippen molar-refractivity contribution in [1.82, 2.24) is 5.32 Å². The lowest BCUT2D eigenvalue weighted by Gasteiger charge is -2.20. The van der Waals surface area contributed by atoms with E-state index in [1.807, 2.05) is 6.92 Å². The van der Waals surface area contributed by atoms with Gasteiger partial charge in [-0.3, -0.25) is 0 Å². The summed E-state index contributed by atoms with van der Waals surface area (Å²) < 4.78 is 38.3. The van der Waals surface area contributed by atoms with Gasteiger partial charge in [-0.1, -0.05) is 31.5 Å².